The number of rotatable bonds is 5. The van der Waals surface area contributed by atoms with Crippen molar-refractivity contribution < 1.29 is 14.3 Å². The van der Waals surface area contributed by atoms with Crippen LogP contribution in [0.5, 0.6) is 5.75 Å². The van der Waals surface area contributed by atoms with Crippen LogP contribution < -0.4 is 4.74 Å². The molecule has 0 aliphatic rings. The first-order valence-electron chi connectivity index (χ1n) is 5.14. The maximum absolute atomic E-state index is 11.3. The third-order valence-electron chi connectivity index (χ3n) is 1.91. The molecular weight excluding hydrogens is 192 g/mol. The number of para-hydroxylation sites is 1. The van der Waals surface area contributed by atoms with Gasteiger partial charge in [0.25, 0.3) is 0 Å². The van der Waals surface area contributed by atoms with E-state index in [1.165, 1.54) is 0 Å². The fourth-order valence-electron chi connectivity index (χ4n) is 1.31. The molecule has 0 spiro atoms. The molecule has 1 aromatic rings. The molecule has 0 radical (unpaired) electrons. The molecule has 0 N–H and O–H groups in total. The number of benzene rings is 1. The van der Waals surface area contributed by atoms with Crippen molar-refractivity contribution >= 4 is 5.97 Å². The summed E-state index contributed by atoms with van der Waals surface area (Å²) in [5, 5.41) is 0. The third-order valence-corrected chi connectivity index (χ3v) is 1.91. The van der Waals surface area contributed by atoms with Crippen molar-refractivity contribution in [2.24, 2.45) is 0 Å². The molecule has 0 amide bonds. The molecule has 0 fully saturated rings. The second-order valence-electron chi connectivity index (χ2n) is 3.02. The molecule has 0 aliphatic heterocycles. The van der Waals surface area contributed by atoms with E-state index in [-0.39, 0.29) is 12.4 Å². The van der Waals surface area contributed by atoms with Crippen molar-refractivity contribution in [3.63, 3.8) is 0 Å². The normalized spacial score (nSPS) is 9.73. The highest BCUT2D eigenvalue weighted by Gasteiger charge is 2.08. The lowest BCUT2D eigenvalue weighted by atomic mass is 10.1. The second-order valence-corrected chi connectivity index (χ2v) is 3.02. The van der Waals surface area contributed by atoms with Crippen LogP contribution in [0.4, 0.5) is 0 Å². The minimum absolute atomic E-state index is 0.218. The monoisotopic (exact) mass is 208 g/mol. The van der Waals surface area contributed by atoms with Crippen LogP contribution in [0, 0.1) is 0 Å². The van der Waals surface area contributed by atoms with Crippen LogP contribution in [0.2, 0.25) is 0 Å². The molecule has 0 unspecified atom stereocenters. The summed E-state index contributed by atoms with van der Waals surface area (Å²) in [6.45, 7) is 4.73. The molecule has 0 saturated carbocycles. The van der Waals surface area contributed by atoms with Gasteiger partial charge in [0, 0.05) is 5.56 Å². The van der Waals surface area contributed by atoms with Crippen molar-refractivity contribution in [2.75, 3.05) is 13.2 Å². The van der Waals surface area contributed by atoms with Crippen LogP contribution in [0.1, 0.15) is 19.4 Å². The van der Waals surface area contributed by atoms with Gasteiger partial charge in [-0.2, -0.15) is 0 Å². The Hall–Kier alpha value is -1.51. The molecule has 0 heterocycles. The summed E-state index contributed by atoms with van der Waals surface area (Å²) >= 11 is 0. The average Bonchev–Trinajstić information content (AvgIpc) is 2.21. The Kier molecular flexibility index (Phi) is 4.68. The summed E-state index contributed by atoms with van der Waals surface area (Å²) in [6.07, 6.45) is 0.268. The van der Waals surface area contributed by atoms with Gasteiger partial charge in [0.05, 0.1) is 19.6 Å². The molecule has 1 aromatic carbocycles. The van der Waals surface area contributed by atoms with Crippen molar-refractivity contribution in [1.29, 1.82) is 0 Å². The zero-order chi connectivity index (χ0) is 11.1. The highest BCUT2D eigenvalue weighted by Crippen LogP contribution is 2.18. The Balaban J connectivity index is 2.70. The number of hydrogen-bond donors (Lipinski definition) is 0. The summed E-state index contributed by atoms with van der Waals surface area (Å²) in [6, 6.07) is 7.51. The lowest BCUT2D eigenvalue weighted by molar-refractivity contribution is -0.142. The first kappa shape index (κ1) is 11.6. The lowest BCUT2D eigenvalue weighted by Gasteiger charge is -2.09. The predicted octanol–water partition coefficient (Wildman–Crippen LogP) is 2.19. The van der Waals surface area contributed by atoms with Crippen LogP contribution in [-0.4, -0.2) is 19.2 Å². The first-order chi connectivity index (χ1) is 7.27. The Labute approximate surface area is 90.0 Å². The first-order valence-corrected chi connectivity index (χ1v) is 5.14. The molecule has 0 aromatic heterocycles. The number of hydrogen-bond acceptors (Lipinski definition) is 3. The molecule has 15 heavy (non-hydrogen) atoms. The Morgan fingerprint density at radius 3 is 2.60 bits per heavy atom. The molecule has 3 heteroatoms. The van der Waals surface area contributed by atoms with E-state index in [2.05, 4.69) is 0 Å². The van der Waals surface area contributed by atoms with E-state index < -0.39 is 0 Å². The van der Waals surface area contributed by atoms with E-state index in [1.807, 2.05) is 31.2 Å². The fraction of sp³-hybridized carbons (Fsp3) is 0.417. The number of esters is 1. The Bertz CT molecular complexity index is 320. The van der Waals surface area contributed by atoms with Crippen LogP contribution >= 0.6 is 0 Å². The topological polar surface area (TPSA) is 35.5 Å². The van der Waals surface area contributed by atoms with Crippen LogP contribution in [-0.2, 0) is 16.0 Å². The van der Waals surface area contributed by atoms with Crippen molar-refractivity contribution in [2.45, 2.75) is 20.3 Å². The maximum atomic E-state index is 11.3. The number of carbonyl (C=O) groups excluding carboxylic acids is 1. The van der Waals surface area contributed by atoms with Gasteiger partial charge in [-0.05, 0) is 19.9 Å². The van der Waals surface area contributed by atoms with Crippen molar-refractivity contribution in [3.05, 3.63) is 29.8 Å². The van der Waals surface area contributed by atoms with Gasteiger partial charge in [-0.25, -0.2) is 0 Å². The average molecular weight is 208 g/mol. The number of carbonyl (C=O) groups is 1. The van der Waals surface area contributed by atoms with Crippen LogP contribution in [0.3, 0.4) is 0 Å². The Morgan fingerprint density at radius 2 is 1.93 bits per heavy atom. The molecule has 0 saturated heterocycles. The smallest absolute Gasteiger partial charge is 0.310 e. The van der Waals surface area contributed by atoms with Crippen LogP contribution in [0.25, 0.3) is 0 Å². The molecule has 0 atom stereocenters. The zero-order valence-electron chi connectivity index (χ0n) is 9.16. The van der Waals surface area contributed by atoms with Gasteiger partial charge in [-0.1, -0.05) is 18.2 Å². The second kappa shape index (κ2) is 6.06. The van der Waals surface area contributed by atoms with Gasteiger partial charge in [-0.3, -0.25) is 4.79 Å². The summed E-state index contributed by atoms with van der Waals surface area (Å²) in [5.74, 6) is 0.540. The van der Waals surface area contributed by atoms with E-state index in [0.717, 1.165) is 11.3 Å². The van der Waals surface area contributed by atoms with Gasteiger partial charge >= 0.3 is 5.97 Å². The Morgan fingerprint density at radius 1 is 1.20 bits per heavy atom. The summed E-state index contributed by atoms with van der Waals surface area (Å²) in [5.41, 5.74) is 0.873. The molecule has 0 aliphatic carbocycles. The molecule has 1 rings (SSSR count). The minimum atomic E-state index is -0.218. The quantitative estimate of drug-likeness (QED) is 0.696. The fourth-order valence-corrected chi connectivity index (χ4v) is 1.31. The van der Waals surface area contributed by atoms with Crippen LogP contribution in [0.15, 0.2) is 24.3 Å². The molecule has 0 bridgehead atoms. The summed E-state index contributed by atoms with van der Waals surface area (Å²) in [4.78, 5) is 11.3. The van der Waals surface area contributed by atoms with Crippen molar-refractivity contribution in [3.8, 4) is 5.75 Å². The summed E-state index contributed by atoms with van der Waals surface area (Å²) in [7, 11) is 0. The van der Waals surface area contributed by atoms with E-state index in [9.17, 15) is 4.79 Å². The number of ether oxygens (including phenoxy) is 2. The SMILES string of the molecule is CCOC(=O)Cc1ccccc1OCC. The largest absolute Gasteiger partial charge is 0.494 e. The molecule has 3 nitrogen and oxygen atoms in total. The predicted molar refractivity (Wildman–Crippen MR) is 57.9 cm³/mol. The van der Waals surface area contributed by atoms with Gasteiger partial charge in [-0.15, -0.1) is 0 Å². The summed E-state index contributed by atoms with van der Waals surface area (Å²) < 4.78 is 10.3. The minimum Gasteiger partial charge on any atom is -0.494 e. The maximum Gasteiger partial charge on any atom is 0.310 e. The highest BCUT2D eigenvalue weighted by molar-refractivity contribution is 5.73. The van der Waals surface area contributed by atoms with Crippen molar-refractivity contribution in [1.82, 2.24) is 0 Å². The van der Waals surface area contributed by atoms with E-state index in [1.54, 1.807) is 6.92 Å². The van der Waals surface area contributed by atoms with E-state index >= 15 is 0 Å². The van der Waals surface area contributed by atoms with E-state index in [0.29, 0.717) is 13.2 Å². The van der Waals surface area contributed by atoms with Gasteiger partial charge in [0.1, 0.15) is 5.75 Å². The lowest BCUT2D eigenvalue weighted by Crippen LogP contribution is -2.08. The standard InChI is InChI=1S/C12H16O3/c1-3-14-11-8-6-5-7-10(11)9-12(13)15-4-2/h5-8H,3-4,9H2,1-2H3. The van der Waals surface area contributed by atoms with Gasteiger partial charge in [0.2, 0.25) is 0 Å². The van der Waals surface area contributed by atoms with Gasteiger partial charge in [0.15, 0.2) is 0 Å². The molecule has 82 valence electrons. The van der Waals surface area contributed by atoms with Gasteiger partial charge < -0.3 is 9.47 Å². The zero-order valence-corrected chi connectivity index (χ0v) is 9.16. The van der Waals surface area contributed by atoms with E-state index in [4.69, 9.17) is 9.47 Å². The third kappa shape index (κ3) is 3.62. The highest BCUT2D eigenvalue weighted by atomic mass is 16.5. The molecular formula is C12H16O3.